The number of aryl methyl sites for hydroxylation is 1. The lowest BCUT2D eigenvalue weighted by atomic mass is 9.78. The Balaban J connectivity index is 1.53. The number of Topliss-reactive ketones (excluding diaryl/α,β-unsaturated/α-hetero) is 1. The fourth-order valence-corrected chi connectivity index (χ4v) is 6.72. The van der Waals surface area contributed by atoms with Gasteiger partial charge in [-0.15, -0.1) is 0 Å². The standard InChI is InChI=1S/C25H26O10/c1-10-8-12-16(17(27)15-11(18(12)29-2)6-5-7-13(15)26)19-14(10)20-21-24(28,33-19)23(9-32-23)25(34-20,35-21)22(30-3)31-4/h8,20-22,27-28H,5-7,9H2,1-4H3/t20?,21?,23-,24-,25?/m0/s1. The maximum atomic E-state index is 12.9. The summed E-state index contributed by atoms with van der Waals surface area (Å²) in [5.74, 6) is -3.09. The first-order valence-corrected chi connectivity index (χ1v) is 11.7. The summed E-state index contributed by atoms with van der Waals surface area (Å²) in [5.41, 5.74) is 0.939. The van der Waals surface area contributed by atoms with Crippen LogP contribution in [0.15, 0.2) is 6.07 Å². The predicted octanol–water partition coefficient (Wildman–Crippen LogP) is 2.02. The Bertz CT molecular complexity index is 1310. The van der Waals surface area contributed by atoms with Gasteiger partial charge in [-0.2, -0.15) is 0 Å². The summed E-state index contributed by atoms with van der Waals surface area (Å²) in [7, 11) is 4.45. The van der Waals surface area contributed by atoms with E-state index in [1.54, 1.807) is 7.11 Å². The number of fused-ring (bicyclic) bond motifs is 8. The number of hydrogen-bond donors (Lipinski definition) is 2. The van der Waals surface area contributed by atoms with E-state index >= 15 is 0 Å². The molecule has 35 heavy (non-hydrogen) atoms. The Labute approximate surface area is 200 Å². The molecule has 0 amide bonds. The van der Waals surface area contributed by atoms with Crippen LogP contribution >= 0.6 is 0 Å². The molecule has 3 saturated heterocycles. The highest BCUT2D eigenvalue weighted by molar-refractivity contribution is 6.11. The van der Waals surface area contributed by atoms with Gasteiger partial charge in [0.15, 0.2) is 11.9 Å². The summed E-state index contributed by atoms with van der Waals surface area (Å²) in [6.07, 6.45) is -1.03. The molecular weight excluding hydrogens is 460 g/mol. The highest BCUT2D eigenvalue weighted by Crippen LogP contribution is 2.71. The van der Waals surface area contributed by atoms with Gasteiger partial charge in [0, 0.05) is 37.2 Å². The molecule has 3 fully saturated rings. The molecule has 3 unspecified atom stereocenters. The third kappa shape index (κ3) is 2.21. The van der Waals surface area contributed by atoms with Crippen molar-refractivity contribution in [3.8, 4) is 17.2 Å². The fraction of sp³-hybridized carbons (Fsp3) is 0.560. The Morgan fingerprint density at radius 1 is 1.17 bits per heavy atom. The number of methoxy groups -OCH3 is 3. The van der Waals surface area contributed by atoms with E-state index in [0.29, 0.717) is 46.9 Å². The first-order valence-electron chi connectivity index (χ1n) is 11.7. The normalized spacial score (nSPS) is 36.0. The molecule has 5 atom stereocenters. The Morgan fingerprint density at radius 2 is 1.91 bits per heavy atom. The van der Waals surface area contributed by atoms with Crippen LogP contribution in [-0.4, -0.2) is 73.5 Å². The number of benzene rings is 2. The minimum Gasteiger partial charge on any atom is -0.506 e. The number of carbonyl (C=O) groups is 1. The van der Waals surface area contributed by atoms with Gasteiger partial charge in [0.25, 0.3) is 11.6 Å². The van der Waals surface area contributed by atoms with E-state index in [-0.39, 0.29) is 29.5 Å². The van der Waals surface area contributed by atoms with Crippen LogP contribution in [0.3, 0.4) is 0 Å². The first kappa shape index (κ1) is 21.8. The van der Waals surface area contributed by atoms with E-state index in [1.807, 2.05) is 13.0 Å². The third-order valence-electron chi connectivity index (χ3n) is 8.25. The molecule has 4 heterocycles. The maximum absolute atomic E-state index is 12.9. The number of hydrogen-bond acceptors (Lipinski definition) is 10. The van der Waals surface area contributed by atoms with Crippen LogP contribution < -0.4 is 9.47 Å². The van der Waals surface area contributed by atoms with Gasteiger partial charge in [-0.05, 0) is 31.4 Å². The molecule has 2 bridgehead atoms. The van der Waals surface area contributed by atoms with Gasteiger partial charge in [0.1, 0.15) is 23.4 Å². The van der Waals surface area contributed by atoms with Crippen molar-refractivity contribution in [3.63, 3.8) is 0 Å². The molecule has 7 rings (SSSR count). The van der Waals surface area contributed by atoms with Crippen LogP contribution in [0.25, 0.3) is 10.8 Å². The smallest absolute Gasteiger partial charge is 0.274 e. The minimum atomic E-state index is -1.95. The molecule has 2 aromatic rings. The van der Waals surface area contributed by atoms with Crippen molar-refractivity contribution < 1.29 is 48.2 Å². The Kier molecular flexibility index (Phi) is 4.13. The monoisotopic (exact) mass is 486 g/mol. The van der Waals surface area contributed by atoms with Crippen molar-refractivity contribution in [2.75, 3.05) is 27.9 Å². The molecular formula is C25H26O10. The number of ether oxygens (including phenoxy) is 7. The summed E-state index contributed by atoms with van der Waals surface area (Å²) in [5, 5.41) is 24.3. The summed E-state index contributed by atoms with van der Waals surface area (Å²) < 4.78 is 41.6. The van der Waals surface area contributed by atoms with E-state index in [0.717, 1.165) is 5.56 Å². The molecule has 4 aliphatic heterocycles. The quantitative estimate of drug-likeness (QED) is 0.490. The molecule has 186 valence electrons. The second-order valence-electron chi connectivity index (χ2n) is 9.83. The van der Waals surface area contributed by atoms with Crippen molar-refractivity contribution in [2.24, 2.45) is 0 Å². The largest absolute Gasteiger partial charge is 0.506 e. The lowest BCUT2D eigenvalue weighted by Gasteiger charge is -2.47. The Morgan fingerprint density at radius 3 is 2.57 bits per heavy atom. The van der Waals surface area contributed by atoms with E-state index < -0.39 is 35.7 Å². The van der Waals surface area contributed by atoms with Gasteiger partial charge in [-0.1, -0.05) is 0 Å². The van der Waals surface area contributed by atoms with Crippen molar-refractivity contribution in [1.82, 2.24) is 0 Å². The predicted molar refractivity (Wildman–Crippen MR) is 118 cm³/mol. The van der Waals surface area contributed by atoms with Crippen LogP contribution in [0.5, 0.6) is 17.2 Å². The minimum absolute atomic E-state index is 0.0954. The molecule has 0 aromatic heterocycles. The van der Waals surface area contributed by atoms with E-state index in [9.17, 15) is 15.0 Å². The van der Waals surface area contributed by atoms with Gasteiger partial charge >= 0.3 is 0 Å². The van der Waals surface area contributed by atoms with Gasteiger partial charge in [0.05, 0.1) is 24.7 Å². The molecule has 10 heteroatoms. The average molecular weight is 486 g/mol. The third-order valence-corrected chi connectivity index (χ3v) is 8.25. The molecule has 5 aliphatic rings. The van der Waals surface area contributed by atoms with Crippen LogP contribution in [0.2, 0.25) is 0 Å². The van der Waals surface area contributed by atoms with E-state index in [2.05, 4.69) is 0 Å². The zero-order valence-electron chi connectivity index (χ0n) is 19.8. The number of ketones is 1. The molecule has 2 N–H and O–H groups in total. The first-order chi connectivity index (χ1) is 16.8. The summed E-state index contributed by atoms with van der Waals surface area (Å²) in [4.78, 5) is 12.9. The fourth-order valence-electron chi connectivity index (χ4n) is 6.72. The Hall–Kier alpha value is -2.47. The van der Waals surface area contributed by atoms with Crippen molar-refractivity contribution in [3.05, 3.63) is 28.3 Å². The SMILES string of the molecule is COc1c2c(c(O)c3c4c(c(C)cc13)C1OC3(C(OC)OC)OC1[C@](O)(O4)[C@@]31CO1)C(=O)CCC2. The number of rotatable bonds is 4. The molecule has 1 spiro atoms. The van der Waals surface area contributed by atoms with Crippen LogP contribution in [-0.2, 0) is 30.1 Å². The van der Waals surface area contributed by atoms with Gasteiger partial charge in [-0.25, -0.2) is 0 Å². The number of aliphatic hydroxyl groups is 1. The average Bonchev–Trinajstić information content (AvgIpc) is 3.51. The number of aromatic hydroxyl groups is 1. The lowest BCUT2D eigenvalue weighted by molar-refractivity contribution is -0.344. The van der Waals surface area contributed by atoms with E-state index in [1.165, 1.54) is 14.2 Å². The summed E-state index contributed by atoms with van der Waals surface area (Å²) in [6.45, 7) is 1.99. The molecule has 2 aromatic carbocycles. The molecule has 10 nitrogen and oxygen atoms in total. The van der Waals surface area contributed by atoms with Gasteiger partial charge in [0.2, 0.25) is 11.9 Å². The lowest BCUT2D eigenvalue weighted by Crippen LogP contribution is -2.69. The molecule has 0 radical (unpaired) electrons. The van der Waals surface area contributed by atoms with Crippen molar-refractivity contribution >= 4 is 16.6 Å². The summed E-state index contributed by atoms with van der Waals surface area (Å²) in [6, 6.07) is 1.88. The van der Waals surface area contributed by atoms with Crippen molar-refractivity contribution in [1.29, 1.82) is 0 Å². The number of carbonyl (C=O) groups excluding carboxylic acids is 1. The van der Waals surface area contributed by atoms with Gasteiger partial charge in [-0.3, -0.25) is 4.79 Å². The zero-order chi connectivity index (χ0) is 24.5. The van der Waals surface area contributed by atoms with Crippen LogP contribution in [0.4, 0.5) is 0 Å². The van der Waals surface area contributed by atoms with Gasteiger partial charge < -0.3 is 43.4 Å². The molecule has 1 aliphatic carbocycles. The highest BCUT2D eigenvalue weighted by Gasteiger charge is 2.92. The number of phenols is 1. The second-order valence-corrected chi connectivity index (χ2v) is 9.83. The van der Waals surface area contributed by atoms with E-state index in [4.69, 9.17) is 33.2 Å². The topological polar surface area (TPSA) is 125 Å². The van der Waals surface area contributed by atoms with Crippen LogP contribution in [0, 0.1) is 6.92 Å². The van der Waals surface area contributed by atoms with Crippen molar-refractivity contribution in [2.45, 2.75) is 61.9 Å². The highest BCUT2D eigenvalue weighted by atomic mass is 16.9. The van der Waals surface area contributed by atoms with Crippen LogP contribution in [0.1, 0.15) is 46.0 Å². The zero-order valence-corrected chi connectivity index (χ0v) is 19.8. The number of phenolic OH excluding ortho intramolecular Hbond substituents is 1. The molecule has 0 saturated carbocycles. The second kappa shape index (κ2) is 6.64. The number of epoxide rings is 1. The summed E-state index contributed by atoms with van der Waals surface area (Å²) >= 11 is 0. The maximum Gasteiger partial charge on any atom is 0.274 e.